The molecule has 0 spiro atoms. The molecular formula is C6H12INO2. The molecule has 4 heteroatoms. The van der Waals surface area contributed by atoms with E-state index < -0.39 is 0 Å². The molecule has 0 atom stereocenters. The Balaban J connectivity index is 3.41. The van der Waals surface area contributed by atoms with E-state index in [0.717, 1.165) is 0 Å². The Bertz CT molecular complexity index is 108. The zero-order chi connectivity index (χ0) is 7.98. The van der Waals surface area contributed by atoms with E-state index in [1.165, 1.54) is 0 Å². The third-order valence-electron chi connectivity index (χ3n) is 1.17. The van der Waals surface area contributed by atoms with Crippen LogP contribution in [0, 0.1) is 0 Å². The SMILES string of the molecule is COCCN(C)C(=O)CI. The minimum atomic E-state index is 0.151. The van der Waals surface area contributed by atoms with Gasteiger partial charge in [-0.2, -0.15) is 0 Å². The zero-order valence-electron chi connectivity index (χ0n) is 6.26. The van der Waals surface area contributed by atoms with Crippen LogP contribution in [0.1, 0.15) is 0 Å². The molecule has 3 nitrogen and oxygen atoms in total. The fourth-order valence-corrected chi connectivity index (χ4v) is 1.04. The Morgan fingerprint density at radius 2 is 2.30 bits per heavy atom. The second kappa shape index (κ2) is 5.91. The predicted molar refractivity (Wildman–Crippen MR) is 48.4 cm³/mol. The molecular weight excluding hydrogens is 245 g/mol. The van der Waals surface area contributed by atoms with Gasteiger partial charge in [0, 0.05) is 20.7 Å². The number of hydrogen-bond donors (Lipinski definition) is 0. The number of rotatable bonds is 4. The van der Waals surface area contributed by atoms with Crippen LogP contribution in [0.15, 0.2) is 0 Å². The van der Waals surface area contributed by atoms with E-state index in [9.17, 15) is 4.79 Å². The first-order chi connectivity index (χ1) is 4.72. The Labute approximate surface area is 74.9 Å². The monoisotopic (exact) mass is 257 g/mol. The van der Waals surface area contributed by atoms with Gasteiger partial charge >= 0.3 is 0 Å². The number of carbonyl (C=O) groups is 1. The predicted octanol–water partition coefficient (Wildman–Crippen LogP) is 0.526. The minimum absolute atomic E-state index is 0.151. The summed E-state index contributed by atoms with van der Waals surface area (Å²) < 4.78 is 5.35. The number of ether oxygens (including phenoxy) is 1. The molecule has 0 heterocycles. The maximum atomic E-state index is 10.9. The minimum Gasteiger partial charge on any atom is -0.383 e. The lowest BCUT2D eigenvalue weighted by Gasteiger charge is -2.14. The van der Waals surface area contributed by atoms with Crippen LogP contribution in [0.4, 0.5) is 0 Å². The van der Waals surface area contributed by atoms with Crippen molar-refractivity contribution in [2.45, 2.75) is 0 Å². The third kappa shape index (κ3) is 4.05. The molecule has 1 amide bonds. The first-order valence-electron chi connectivity index (χ1n) is 3.01. The van der Waals surface area contributed by atoms with Crippen molar-refractivity contribution in [3.8, 4) is 0 Å². The van der Waals surface area contributed by atoms with Crippen molar-refractivity contribution >= 4 is 28.5 Å². The Morgan fingerprint density at radius 3 is 2.70 bits per heavy atom. The van der Waals surface area contributed by atoms with Crippen molar-refractivity contribution in [2.75, 3.05) is 31.7 Å². The Hall–Kier alpha value is 0.160. The number of hydrogen-bond acceptors (Lipinski definition) is 2. The maximum absolute atomic E-state index is 10.9. The molecule has 0 aliphatic carbocycles. The highest BCUT2D eigenvalue weighted by Crippen LogP contribution is 1.89. The molecule has 0 bridgehead atoms. The zero-order valence-corrected chi connectivity index (χ0v) is 8.42. The van der Waals surface area contributed by atoms with Crippen LogP contribution in [0.5, 0.6) is 0 Å². The van der Waals surface area contributed by atoms with E-state index >= 15 is 0 Å². The van der Waals surface area contributed by atoms with Crippen molar-refractivity contribution in [2.24, 2.45) is 0 Å². The average Bonchev–Trinajstić information content (AvgIpc) is 1.98. The van der Waals surface area contributed by atoms with Crippen molar-refractivity contribution in [3.63, 3.8) is 0 Å². The van der Waals surface area contributed by atoms with Gasteiger partial charge in [0.1, 0.15) is 0 Å². The van der Waals surface area contributed by atoms with Crippen molar-refractivity contribution in [1.82, 2.24) is 4.90 Å². The molecule has 0 fully saturated rings. The maximum Gasteiger partial charge on any atom is 0.232 e. The van der Waals surface area contributed by atoms with Crippen LogP contribution in [0.2, 0.25) is 0 Å². The van der Waals surface area contributed by atoms with Gasteiger partial charge in [-0.1, -0.05) is 22.6 Å². The molecule has 0 saturated heterocycles. The number of methoxy groups -OCH3 is 1. The normalized spacial score (nSPS) is 9.50. The largest absolute Gasteiger partial charge is 0.383 e. The molecule has 0 aromatic rings. The Morgan fingerprint density at radius 1 is 1.70 bits per heavy atom. The highest BCUT2D eigenvalue weighted by molar-refractivity contribution is 14.1. The summed E-state index contributed by atoms with van der Waals surface area (Å²) in [6.45, 7) is 1.29. The van der Waals surface area contributed by atoms with Gasteiger partial charge in [-0.3, -0.25) is 4.79 Å². The van der Waals surface area contributed by atoms with Crippen LogP contribution in [0.25, 0.3) is 0 Å². The average molecular weight is 257 g/mol. The summed E-state index contributed by atoms with van der Waals surface area (Å²) in [6.07, 6.45) is 0. The van der Waals surface area contributed by atoms with E-state index in [1.54, 1.807) is 19.1 Å². The fourth-order valence-electron chi connectivity index (χ4n) is 0.455. The standard InChI is InChI=1S/C6H12INO2/c1-8(3-4-10-2)6(9)5-7/h3-5H2,1-2H3. The molecule has 10 heavy (non-hydrogen) atoms. The number of carbonyl (C=O) groups excluding carboxylic acids is 1. The highest BCUT2D eigenvalue weighted by Gasteiger charge is 2.04. The van der Waals surface area contributed by atoms with Crippen LogP contribution >= 0.6 is 22.6 Å². The van der Waals surface area contributed by atoms with E-state index in [0.29, 0.717) is 17.6 Å². The highest BCUT2D eigenvalue weighted by atomic mass is 127. The quantitative estimate of drug-likeness (QED) is 0.543. The lowest BCUT2D eigenvalue weighted by atomic mass is 10.5. The lowest BCUT2D eigenvalue weighted by molar-refractivity contribution is -0.127. The molecule has 0 aromatic carbocycles. The fraction of sp³-hybridized carbons (Fsp3) is 0.833. The summed E-state index contributed by atoms with van der Waals surface area (Å²) in [6, 6.07) is 0. The number of halogens is 1. The molecule has 60 valence electrons. The van der Waals surface area contributed by atoms with Gasteiger partial charge in [-0.15, -0.1) is 0 Å². The summed E-state index contributed by atoms with van der Waals surface area (Å²) in [5, 5.41) is 0. The molecule has 0 saturated carbocycles. The molecule has 0 aliphatic heterocycles. The van der Waals surface area contributed by atoms with Crippen molar-refractivity contribution in [3.05, 3.63) is 0 Å². The smallest absolute Gasteiger partial charge is 0.232 e. The number of likely N-dealkylation sites (N-methyl/N-ethyl adjacent to an activating group) is 1. The van der Waals surface area contributed by atoms with Gasteiger partial charge < -0.3 is 9.64 Å². The van der Waals surface area contributed by atoms with E-state index in [-0.39, 0.29) is 5.91 Å². The van der Waals surface area contributed by atoms with Crippen molar-refractivity contribution < 1.29 is 9.53 Å². The van der Waals surface area contributed by atoms with Gasteiger partial charge in [0.25, 0.3) is 0 Å². The summed E-state index contributed by atoms with van der Waals surface area (Å²) in [7, 11) is 3.41. The first-order valence-corrected chi connectivity index (χ1v) is 4.53. The molecule has 0 aromatic heterocycles. The van der Waals surface area contributed by atoms with Crippen LogP contribution in [0.3, 0.4) is 0 Å². The lowest BCUT2D eigenvalue weighted by Crippen LogP contribution is -2.30. The summed E-state index contributed by atoms with van der Waals surface area (Å²) in [5.74, 6) is 0.151. The van der Waals surface area contributed by atoms with E-state index in [1.807, 2.05) is 22.6 Å². The molecule has 0 N–H and O–H groups in total. The molecule has 0 aliphatic rings. The summed E-state index contributed by atoms with van der Waals surface area (Å²) in [5.41, 5.74) is 0. The van der Waals surface area contributed by atoms with Gasteiger partial charge in [-0.25, -0.2) is 0 Å². The second-order valence-electron chi connectivity index (χ2n) is 1.94. The molecule has 0 radical (unpaired) electrons. The topological polar surface area (TPSA) is 29.5 Å². The van der Waals surface area contributed by atoms with Crippen LogP contribution in [-0.2, 0) is 9.53 Å². The van der Waals surface area contributed by atoms with E-state index in [2.05, 4.69) is 0 Å². The summed E-state index contributed by atoms with van der Waals surface area (Å²) >= 11 is 2.05. The molecule has 0 unspecified atom stereocenters. The van der Waals surface area contributed by atoms with Crippen molar-refractivity contribution in [1.29, 1.82) is 0 Å². The first kappa shape index (κ1) is 10.2. The number of nitrogens with zero attached hydrogens (tertiary/aromatic N) is 1. The van der Waals surface area contributed by atoms with Gasteiger partial charge in [0.15, 0.2) is 0 Å². The number of alkyl halides is 1. The Kier molecular flexibility index (Phi) is 6.00. The summed E-state index contributed by atoms with van der Waals surface area (Å²) in [4.78, 5) is 12.5. The van der Waals surface area contributed by atoms with Gasteiger partial charge in [0.05, 0.1) is 11.0 Å². The van der Waals surface area contributed by atoms with Crippen LogP contribution < -0.4 is 0 Å². The third-order valence-corrected chi connectivity index (χ3v) is 1.82. The second-order valence-corrected chi connectivity index (χ2v) is 2.70. The van der Waals surface area contributed by atoms with E-state index in [4.69, 9.17) is 4.74 Å². The molecule has 0 rings (SSSR count). The number of amides is 1. The van der Waals surface area contributed by atoms with Gasteiger partial charge in [0.2, 0.25) is 5.91 Å². The van der Waals surface area contributed by atoms with Gasteiger partial charge in [-0.05, 0) is 0 Å². The van der Waals surface area contributed by atoms with Crippen LogP contribution in [-0.4, -0.2) is 42.5 Å².